The summed E-state index contributed by atoms with van der Waals surface area (Å²) in [7, 11) is 0. The number of hydrogen-bond donors (Lipinski definition) is 3. The van der Waals surface area contributed by atoms with Crippen LogP contribution in [0.5, 0.6) is 0 Å². The van der Waals surface area contributed by atoms with Gasteiger partial charge in [-0.05, 0) is 6.42 Å². The van der Waals surface area contributed by atoms with Gasteiger partial charge in [0.1, 0.15) is 0 Å². The number of terminal acetylenes is 1. The molecule has 0 fully saturated rings. The topological polar surface area (TPSA) is 98.2 Å². The molecular weight excluding hydrogens is 182 g/mol. The van der Waals surface area contributed by atoms with E-state index in [2.05, 4.69) is 11.2 Å². The fraction of sp³-hybridized carbons (Fsp3) is 0.556. The fourth-order valence-corrected chi connectivity index (χ4v) is 0.843. The van der Waals surface area contributed by atoms with Crippen LogP contribution in [0.3, 0.4) is 0 Å². The van der Waals surface area contributed by atoms with Gasteiger partial charge in [0.25, 0.3) is 0 Å². The van der Waals surface area contributed by atoms with Gasteiger partial charge in [0, 0.05) is 13.0 Å². The van der Waals surface area contributed by atoms with Crippen molar-refractivity contribution in [3.05, 3.63) is 0 Å². The molecule has 0 bridgehead atoms. The summed E-state index contributed by atoms with van der Waals surface area (Å²) < 4.78 is 0. The molecule has 0 rings (SSSR count). The minimum atomic E-state index is -0.863. The molecule has 0 aromatic carbocycles. The Morgan fingerprint density at radius 2 is 2.14 bits per heavy atom. The van der Waals surface area contributed by atoms with Crippen LogP contribution in [0, 0.1) is 12.3 Å². The molecule has 0 spiro atoms. The number of nitrogens with two attached hydrogens (primary N) is 2. The van der Waals surface area contributed by atoms with Gasteiger partial charge in [-0.3, -0.25) is 9.59 Å². The zero-order valence-corrected chi connectivity index (χ0v) is 7.95. The number of unbranched alkanes of at least 4 members (excludes halogenated alkanes) is 1. The number of nitrogens with one attached hydrogen (secondary N) is 1. The van der Waals surface area contributed by atoms with Gasteiger partial charge in [0.15, 0.2) is 0 Å². The van der Waals surface area contributed by atoms with Crippen molar-refractivity contribution in [2.45, 2.75) is 25.3 Å². The Kier molecular flexibility index (Phi) is 6.16. The number of primary amides is 1. The zero-order valence-electron chi connectivity index (χ0n) is 7.95. The second-order valence-corrected chi connectivity index (χ2v) is 2.88. The highest BCUT2D eigenvalue weighted by Gasteiger charge is 2.14. The van der Waals surface area contributed by atoms with Crippen LogP contribution < -0.4 is 16.8 Å². The third kappa shape index (κ3) is 6.03. The van der Waals surface area contributed by atoms with Gasteiger partial charge in [-0.15, -0.1) is 12.3 Å². The summed E-state index contributed by atoms with van der Waals surface area (Å²) >= 11 is 0. The maximum Gasteiger partial charge on any atom is 0.237 e. The number of hydrogen-bond acceptors (Lipinski definition) is 3. The van der Waals surface area contributed by atoms with E-state index in [0.717, 1.165) is 0 Å². The average Bonchev–Trinajstić information content (AvgIpc) is 2.11. The highest BCUT2D eigenvalue weighted by Crippen LogP contribution is 1.88. The standard InChI is InChI=1S/C9H15N3O2/c1-2-3-4-5-12-9(14)7(10)6-8(11)13/h1,7H,3-6,10H2,(H2,11,13)(H,12,14)/t7-/m0/s1. The number of carbonyl (C=O) groups is 2. The van der Waals surface area contributed by atoms with Crippen LogP contribution in [0.25, 0.3) is 0 Å². The SMILES string of the molecule is C#CCCCNC(=O)[C@@H](N)CC(N)=O. The summed E-state index contributed by atoms with van der Waals surface area (Å²) in [5.74, 6) is 1.49. The Morgan fingerprint density at radius 3 is 2.64 bits per heavy atom. The Morgan fingerprint density at radius 1 is 1.50 bits per heavy atom. The van der Waals surface area contributed by atoms with Crippen LogP contribution in [0.15, 0.2) is 0 Å². The third-order valence-corrected chi connectivity index (χ3v) is 1.55. The van der Waals surface area contributed by atoms with Crippen molar-refractivity contribution < 1.29 is 9.59 Å². The van der Waals surface area contributed by atoms with E-state index < -0.39 is 11.9 Å². The second kappa shape index (κ2) is 6.92. The van der Waals surface area contributed by atoms with Crippen molar-refractivity contribution in [1.82, 2.24) is 5.32 Å². The first-order valence-corrected chi connectivity index (χ1v) is 4.33. The summed E-state index contributed by atoms with van der Waals surface area (Å²) in [6, 6.07) is -0.863. The van der Waals surface area contributed by atoms with Crippen molar-refractivity contribution >= 4 is 11.8 Å². The van der Waals surface area contributed by atoms with Crippen molar-refractivity contribution in [2.75, 3.05) is 6.54 Å². The highest BCUT2D eigenvalue weighted by molar-refractivity contribution is 5.87. The molecule has 0 unspecified atom stereocenters. The van der Waals surface area contributed by atoms with E-state index in [1.807, 2.05) is 0 Å². The largest absolute Gasteiger partial charge is 0.370 e. The summed E-state index contributed by atoms with van der Waals surface area (Å²) in [5, 5.41) is 2.56. The van der Waals surface area contributed by atoms with Gasteiger partial charge in [-0.25, -0.2) is 0 Å². The highest BCUT2D eigenvalue weighted by atomic mass is 16.2. The molecule has 0 heterocycles. The van der Waals surface area contributed by atoms with Crippen LogP contribution in [-0.2, 0) is 9.59 Å². The molecule has 0 aliphatic carbocycles. The van der Waals surface area contributed by atoms with Crippen LogP contribution in [0.1, 0.15) is 19.3 Å². The van der Waals surface area contributed by atoms with Crippen LogP contribution >= 0.6 is 0 Å². The number of rotatable bonds is 6. The van der Waals surface area contributed by atoms with Gasteiger partial charge in [0.05, 0.1) is 12.5 Å². The molecule has 0 saturated carbocycles. The summed E-state index contributed by atoms with van der Waals surface area (Å²) in [4.78, 5) is 21.6. The van der Waals surface area contributed by atoms with E-state index in [1.165, 1.54) is 0 Å². The number of amides is 2. The van der Waals surface area contributed by atoms with Gasteiger partial charge >= 0.3 is 0 Å². The maximum absolute atomic E-state index is 11.1. The molecule has 0 saturated heterocycles. The molecule has 5 N–H and O–H groups in total. The molecule has 1 atom stereocenters. The van der Waals surface area contributed by atoms with E-state index in [1.54, 1.807) is 0 Å². The minimum absolute atomic E-state index is 0.138. The third-order valence-electron chi connectivity index (χ3n) is 1.55. The van der Waals surface area contributed by atoms with Gasteiger partial charge in [-0.2, -0.15) is 0 Å². The zero-order chi connectivity index (χ0) is 11.0. The fourth-order valence-electron chi connectivity index (χ4n) is 0.843. The minimum Gasteiger partial charge on any atom is -0.370 e. The Labute approximate surface area is 83.2 Å². The first-order valence-electron chi connectivity index (χ1n) is 4.33. The van der Waals surface area contributed by atoms with Gasteiger partial charge in [-0.1, -0.05) is 0 Å². The van der Waals surface area contributed by atoms with E-state index >= 15 is 0 Å². The first-order chi connectivity index (χ1) is 6.57. The molecule has 5 nitrogen and oxygen atoms in total. The quantitative estimate of drug-likeness (QED) is 0.365. The van der Waals surface area contributed by atoms with Crippen molar-refractivity contribution in [3.8, 4) is 12.3 Å². The maximum atomic E-state index is 11.1. The van der Waals surface area contributed by atoms with Gasteiger partial charge < -0.3 is 16.8 Å². The van der Waals surface area contributed by atoms with Crippen molar-refractivity contribution in [3.63, 3.8) is 0 Å². The van der Waals surface area contributed by atoms with E-state index in [4.69, 9.17) is 17.9 Å². The monoisotopic (exact) mass is 197 g/mol. The molecule has 5 heteroatoms. The van der Waals surface area contributed by atoms with Gasteiger partial charge in [0.2, 0.25) is 11.8 Å². The molecular formula is C9H15N3O2. The smallest absolute Gasteiger partial charge is 0.237 e. The molecule has 0 aliphatic rings. The predicted molar refractivity (Wildman–Crippen MR) is 52.9 cm³/mol. The lowest BCUT2D eigenvalue weighted by atomic mass is 10.2. The molecule has 78 valence electrons. The Hall–Kier alpha value is -1.54. The number of carbonyl (C=O) groups excluding carboxylic acids is 2. The lowest BCUT2D eigenvalue weighted by Crippen LogP contribution is -2.43. The average molecular weight is 197 g/mol. The molecule has 0 aliphatic heterocycles. The van der Waals surface area contributed by atoms with E-state index in [-0.39, 0.29) is 12.3 Å². The summed E-state index contributed by atoms with van der Waals surface area (Å²) in [6.07, 6.45) is 6.19. The second-order valence-electron chi connectivity index (χ2n) is 2.88. The predicted octanol–water partition coefficient (Wildman–Crippen LogP) is -1.28. The molecule has 0 radical (unpaired) electrons. The molecule has 0 aromatic rings. The van der Waals surface area contributed by atoms with Crippen molar-refractivity contribution in [2.24, 2.45) is 11.5 Å². The van der Waals surface area contributed by atoms with Crippen LogP contribution in [0.4, 0.5) is 0 Å². The molecule has 14 heavy (non-hydrogen) atoms. The Bertz CT molecular complexity index is 245. The lowest BCUT2D eigenvalue weighted by molar-refractivity contribution is -0.126. The van der Waals surface area contributed by atoms with E-state index in [9.17, 15) is 9.59 Å². The summed E-state index contributed by atoms with van der Waals surface area (Å²) in [6.45, 7) is 0.468. The van der Waals surface area contributed by atoms with E-state index in [0.29, 0.717) is 19.4 Å². The normalized spacial score (nSPS) is 11.4. The van der Waals surface area contributed by atoms with Crippen molar-refractivity contribution in [1.29, 1.82) is 0 Å². The molecule has 2 amide bonds. The van der Waals surface area contributed by atoms with Crippen LogP contribution in [0.2, 0.25) is 0 Å². The summed E-state index contributed by atoms with van der Waals surface area (Å²) in [5.41, 5.74) is 10.3. The first kappa shape index (κ1) is 12.5. The molecule has 0 aromatic heterocycles. The lowest BCUT2D eigenvalue weighted by Gasteiger charge is -2.09. The van der Waals surface area contributed by atoms with Crippen LogP contribution in [-0.4, -0.2) is 24.4 Å². The Balaban J connectivity index is 3.63.